The Morgan fingerprint density at radius 1 is 1.17 bits per heavy atom. The largest absolute Gasteiger partial charge is 0.446 e. The molecule has 162 valence electrons. The van der Waals surface area contributed by atoms with Gasteiger partial charge in [-0.1, -0.05) is 51.3 Å². The minimum atomic E-state index is -0.250. The summed E-state index contributed by atoms with van der Waals surface area (Å²) < 4.78 is 5.68. The first-order chi connectivity index (χ1) is 14.1. The second-order valence-electron chi connectivity index (χ2n) is 9.11. The normalized spacial score (nSPS) is 26.2. The van der Waals surface area contributed by atoms with Gasteiger partial charge in [-0.15, -0.1) is 0 Å². The van der Waals surface area contributed by atoms with Crippen molar-refractivity contribution in [3.05, 3.63) is 34.9 Å². The summed E-state index contributed by atoms with van der Waals surface area (Å²) in [6.07, 6.45) is 12.2. The third-order valence-corrected chi connectivity index (χ3v) is 7.27. The topological polar surface area (TPSA) is 50.4 Å². The molecule has 29 heavy (non-hydrogen) atoms. The Labute approximate surface area is 177 Å². The first kappa shape index (κ1) is 22.1. The Kier molecular flexibility index (Phi) is 7.99. The molecule has 0 saturated heterocycles. The van der Waals surface area contributed by atoms with Crippen molar-refractivity contribution in [3.63, 3.8) is 0 Å². The first-order valence-electron chi connectivity index (χ1n) is 11.8. The van der Waals surface area contributed by atoms with Crippen LogP contribution in [-0.4, -0.2) is 31.3 Å². The van der Waals surface area contributed by atoms with Crippen molar-refractivity contribution >= 4 is 6.09 Å². The van der Waals surface area contributed by atoms with E-state index in [9.17, 15) is 4.79 Å². The number of carbonyl (C=O) groups is 1. The van der Waals surface area contributed by atoms with Gasteiger partial charge in [-0.3, -0.25) is 0 Å². The molecule has 1 aromatic carbocycles. The minimum Gasteiger partial charge on any atom is -0.446 e. The highest BCUT2D eigenvalue weighted by atomic mass is 16.6. The third-order valence-electron chi connectivity index (χ3n) is 7.27. The van der Waals surface area contributed by atoms with Crippen LogP contribution in [0.4, 0.5) is 4.79 Å². The van der Waals surface area contributed by atoms with Gasteiger partial charge >= 0.3 is 6.09 Å². The Bertz CT molecular complexity index is 669. The van der Waals surface area contributed by atoms with Gasteiger partial charge in [0.25, 0.3) is 0 Å². The van der Waals surface area contributed by atoms with Crippen molar-refractivity contribution in [2.24, 2.45) is 0 Å². The molecule has 1 amide bonds. The molecule has 0 aromatic heterocycles. The fraction of sp³-hybridized carbons (Fsp3) is 0.720. The Balaban J connectivity index is 1.50. The van der Waals surface area contributed by atoms with Gasteiger partial charge in [0.15, 0.2) is 0 Å². The predicted octanol–water partition coefficient (Wildman–Crippen LogP) is 5.49. The van der Waals surface area contributed by atoms with Crippen molar-refractivity contribution in [1.29, 1.82) is 0 Å². The Morgan fingerprint density at radius 2 is 2.03 bits per heavy atom. The molecule has 0 heterocycles. The fourth-order valence-electron chi connectivity index (χ4n) is 5.17. The highest BCUT2D eigenvalue weighted by molar-refractivity contribution is 5.67. The third kappa shape index (κ3) is 5.75. The number of unbranched alkanes of at least 4 members (excludes halogenated alkanes) is 3. The summed E-state index contributed by atoms with van der Waals surface area (Å²) >= 11 is 0. The van der Waals surface area contributed by atoms with Crippen LogP contribution >= 0.6 is 0 Å². The van der Waals surface area contributed by atoms with Crippen LogP contribution in [0.25, 0.3) is 0 Å². The number of rotatable bonds is 9. The lowest BCUT2D eigenvalue weighted by atomic mass is 9.85. The molecule has 3 rings (SSSR count). The lowest BCUT2D eigenvalue weighted by molar-refractivity contribution is 0.0895. The molecule has 2 aliphatic carbocycles. The number of fused-ring (bicyclic) bond motifs is 1. The van der Waals surface area contributed by atoms with Gasteiger partial charge in [-0.25, -0.2) is 4.79 Å². The predicted molar refractivity (Wildman–Crippen MR) is 120 cm³/mol. The van der Waals surface area contributed by atoms with E-state index in [0.717, 1.165) is 32.2 Å². The summed E-state index contributed by atoms with van der Waals surface area (Å²) in [4.78, 5) is 12.1. The van der Waals surface area contributed by atoms with Gasteiger partial charge < -0.3 is 15.4 Å². The molecule has 2 aliphatic rings. The summed E-state index contributed by atoms with van der Waals surface area (Å²) in [6, 6.07) is 7.04. The zero-order valence-corrected chi connectivity index (χ0v) is 18.7. The molecule has 0 aliphatic heterocycles. The number of amides is 1. The number of carbonyl (C=O) groups excluding carboxylic acids is 1. The molecule has 2 N–H and O–H groups in total. The van der Waals surface area contributed by atoms with Crippen LogP contribution < -0.4 is 10.6 Å². The van der Waals surface area contributed by atoms with Crippen LogP contribution in [0, 0.1) is 0 Å². The van der Waals surface area contributed by atoms with E-state index in [2.05, 4.69) is 49.7 Å². The number of benzene rings is 1. The number of aryl methyl sites for hydroxylation is 1. The SMILES string of the molecule is CCCCCCNC(=O)OC1CCc2cc(C3CCC(CC)(NC)C3)ccc2C1. The molecule has 1 fully saturated rings. The van der Waals surface area contributed by atoms with E-state index >= 15 is 0 Å². The molecule has 3 unspecified atom stereocenters. The molecule has 1 saturated carbocycles. The van der Waals surface area contributed by atoms with Crippen LogP contribution in [0.2, 0.25) is 0 Å². The monoisotopic (exact) mass is 400 g/mol. The van der Waals surface area contributed by atoms with E-state index in [4.69, 9.17) is 4.74 Å². The molecule has 4 nitrogen and oxygen atoms in total. The summed E-state index contributed by atoms with van der Waals surface area (Å²) in [7, 11) is 2.11. The number of hydrogen-bond donors (Lipinski definition) is 2. The van der Waals surface area contributed by atoms with Crippen LogP contribution in [0.3, 0.4) is 0 Å². The van der Waals surface area contributed by atoms with Gasteiger partial charge in [0.2, 0.25) is 0 Å². The lowest BCUT2D eigenvalue weighted by Gasteiger charge is -2.28. The maximum Gasteiger partial charge on any atom is 0.407 e. The van der Waals surface area contributed by atoms with Crippen molar-refractivity contribution < 1.29 is 9.53 Å². The zero-order chi connectivity index (χ0) is 20.7. The second-order valence-corrected chi connectivity index (χ2v) is 9.11. The second kappa shape index (κ2) is 10.5. The maximum absolute atomic E-state index is 12.1. The summed E-state index contributed by atoms with van der Waals surface area (Å²) in [6.45, 7) is 5.21. The molecular weight excluding hydrogens is 360 g/mol. The Morgan fingerprint density at radius 3 is 2.76 bits per heavy atom. The van der Waals surface area contributed by atoms with E-state index in [1.807, 2.05) is 0 Å². The van der Waals surface area contributed by atoms with Crippen LogP contribution in [0.15, 0.2) is 18.2 Å². The number of ether oxygens (including phenoxy) is 1. The Hall–Kier alpha value is -1.55. The summed E-state index contributed by atoms with van der Waals surface area (Å²) in [5.74, 6) is 0.667. The maximum atomic E-state index is 12.1. The molecule has 3 atom stereocenters. The van der Waals surface area contributed by atoms with Crippen LogP contribution in [-0.2, 0) is 17.6 Å². The van der Waals surface area contributed by atoms with Gasteiger partial charge in [0.1, 0.15) is 6.10 Å². The molecular formula is C25H40N2O2. The van der Waals surface area contributed by atoms with E-state index in [-0.39, 0.29) is 12.2 Å². The molecule has 1 aromatic rings. The number of nitrogens with one attached hydrogen (secondary N) is 2. The van der Waals surface area contributed by atoms with Crippen molar-refractivity contribution in [1.82, 2.24) is 10.6 Å². The van der Waals surface area contributed by atoms with Gasteiger partial charge in [-0.05, 0) is 74.6 Å². The smallest absolute Gasteiger partial charge is 0.407 e. The van der Waals surface area contributed by atoms with Crippen LogP contribution in [0.5, 0.6) is 0 Å². The molecule has 0 spiro atoms. The fourth-order valence-corrected chi connectivity index (χ4v) is 5.17. The average molecular weight is 401 g/mol. The van der Waals surface area contributed by atoms with E-state index in [1.54, 1.807) is 0 Å². The highest BCUT2D eigenvalue weighted by Gasteiger charge is 2.37. The zero-order valence-electron chi connectivity index (χ0n) is 18.7. The van der Waals surface area contributed by atoms with E-state index in [0.29, 0.717) is 11.5 Å². The lowest BCUT2D eigenvalue weighted by Crippen LogP contribution is -2.39. The quantitative estimate of drug-likeness (QED) is 0.539. The average Bonchev–Trinajstić information content (AvgIpc) is 3.18. The standard InChI is InChI=1S/C25H40N2O2/c1-4-6-7-8-15-27-24(28)29-23-12-11-19-16-20(9-10-21(19)17-23)22-13-14-25(5-2,18-22)26-3/h9-10,16,22-23,26H,4-8,11-15,17-18H2,1-3H3,(H,27,28). The first-order valence-corrected chi connectivity index (χ1v) is 11.8. The van der Waals surface area contributed by atoms with E-state index in [1.165, 1.54) is 61.6 Å². The van der Waals surface area contributed by atoms with Gasteiger partial charge in [0, 0.05) is 18.5 Å². The molecule has 0 bridgehead atoms. The summed E-state index contributed by atoms with van der Waals surface area (Å²) in [5, 5.41) is 6.49. The number of hydrogen-bond acceptors (Lipinski definition) is 3. The molecule has 0 radical (unpaired) electrons. The van der Waals surface area contributed by atoms with Crippen molar-refractivity contribution in [2.75, 3.05) is 13.6 Å². The van der Waals surface area contributed by atoms with E-state index < -0.39 is 0 Å². The highest BCUT2D eigenvalue weighted by Crippen LogP contribution is 2.43. The summed E-state index contributed by atoms with van der Waals surface area (Å²) in [5.41, 5.74) is 4.64. The van der Waals surface area contributed by atoms with Crippen molar-refractivity contribution in [3.8, 4) is 0 Å². The van der Waals surface area contributed by atoms with Gasteiger partial charge in [0.05, 0.1) is 0 Å². The minimum absolute atomic E-state index is 0.00695. The molecule has 4 heteroatoms. The van der Waals surface area contributed by atoms with Gasteiger partial charge in [-0.2, -0.15) is 0 Å². The number of alkyl carbamates (subject to hydrolysis) is 1. The van der Waals surface area contributed by atoms with Crippen molar-refractivity contribution in [2.45, 2.75) is 102 Å². The van der Waals surface area contributed by atoms with Crippen LogP contribution in [0.1, 0.15) is 94.2 Å².